The summed E-state index contributed by atoms with van der Waals surface area (Å²) in [5.74, 6) is -1.95. The number of amides is 1. The van der Waals surface area contributed by atoms with E-state index in [0.29, 0.717) is 12.8 Å². The summed E-state index contributed by atoms with van der Waals surface area (Å²) in [5.41, 5.74) is -0.649. The first-order chi connectivity index (χ1) is 9.53. The summed E-state index contributed by atoms with van der Waals surface area (Å²) in [6.45, 7) is 0.0958. The number of hydrogen-bond donors (Lipinski definition) is 2. The van der Waals surface area contributed by atoms with Crippen molar-refractivity contribution >= 4 is 11.9 Å². The molecule has 1 aromatic heterocycles. The first-order valence-electron chi connectivity index (χ1n) is 6.67. The largest absolute Gasteiger partial charge is 0.481 e. The Balaban J connectivity index is 2.00. The maximum atomic E-state index is 12.7. The van der Waals surface area contributed by atoms with Crippen molar-refractivity contribution in [3.63, 3.8) is 0 Å². The maximum absolute atomic E-state index is 12.7. The molecule has 0 aliphatic heterocycles. The number of carbonyl (C=O) groups excluding carboxylic acids is 1. The fraction of sp³-hybridized carbons (Fsp3) is 0.500. The smallest absolute Gasteiger partial charge is 0.311 e. The van der Waals surface area contributed by atoms with E-state index in [0.717, 1.165) is 31.5 Å². The van der Waals surface area contributed by atoms with E-state index in [1.165, 1.54) is 6.07 Å². The molecule has 6 heteroatoms. The van der Waals surface area contributed by atoms with Gasteiger partial charge in [0.2, 0.25) is 5.95 Å². The molecule has 108 valence electrons. The van der Waals surface area contributed by atoms with Crippen LogP contribution in [0.3, 0.4) is 0 Å². The van der Waals surface area contributed by atoms with Crippen LogP contribution in [-0.4, -0.2) is 28.5 Å². The maximum Gasteiger partial charge on any atom is 0.311 e. The summed E-state index contributed by atoms with van der Waals surface area (Å²) >= 11 is 0. The van der Waals surface area contributed by atoms with Gasteiger partial charge in [0.15, 0.2) is 0 Å². The highest BCUT2D eigenvalue weighted by atomic mass is 19.1. The molecule has 1 aromatic rings. The van der Waals surface area contributed by atoms with Gasteiger partial charge in [0, 0.05) is 12.7 Å². The molecule has 20 heavy (non-hydrogen) atoms. The van der Waals surface area contributed by atoms with E-state index in [4.69, 9.17) is 0 Å². The summed E-state index contributed by atoms with van der Waals surface area (Å²) in [5, 5.41) is 12.0. The molecule has 1 aliphatic carbocycles. The molecule has 0 atom stereocenters. The minimum Gasteiger partial charge on any atom is -0.481 e. The van der Waals surface area contributed by atoms with Gasteiger partial charge in [0.1, 0.15) is 0 Å². The van der Waals surface area contributed by atoms with Gasteiger partial charge in [0.05, 0.1) is 11.0 Å². The van der Waals surface area contributed by atoms with E-state index in [1.807, 2.05) is 0 Å². The Morgan fingerprint density at radius 2 is 2.00 bits per heavy atom. The lowest BCUT2D eigenvalue weighted by Crippen LogP contribution is -2.44. The molecule has 1 amide bonds. The van der Waals surface area contributed by atoms with Crippen molar-refractivity contribution in [3.8, 4) is 0 Å². The molecule has 0 saturated heterocycles. The van der Waals surface area contributed by atoms with Crippen LogP contribution in [0, 0.1) is 11.4 Å². The third-order valence-corrected chi connectivity index (χ3v) is 3.84. The average Bonchev–Trinajstić information content (AvgIpc) is 2.46. The van der Waals surface area contributed by atoms with Crippen LogP contribution in [0.25, 0.3) is 0 Å². The van der Waals surface area contributed by atoms with E-state index < -0.39 is 23.2 Å². The lowest BCUT2D eigenvalue weighted by Gasteiger charge is -2.33. The van der Waals surface area contributed by atoms with E-state index >= 15 is 0 Å². The third-order valence-electron chi connectivity index (χ3n) is 3.84. The number of halogens is 1. The predicted octanol–water partition coefficient (Wildman–Crippen LogP) is 1.99. The van der Waals surface area contributed by atoms with Crippen LogP contribution in [0.4, 0.5) is 4.39 Å². The second kappa shape index (κ2) is 5.98. The van der Waals surface area contributed by atoms with Gasteiger partial charge in [-0.15, -0.1) is 0 Å². The van der Waals surface area contributed by atoms with Crippen LogP contribution in [0.15, 0.2) is 18.3 Å². The summed E-state index contributed by atoms with van der Waals surface area (Å²) < 4.78 is 12.7. The van der Waals surface area contributed by atoms with E-state index in [9.17, 15) is 19.1 Å². The Morgan fingerprint density at radius 1 is 1.30 bits per heavy atom. The molecule has 0 spiro atoms. The number of carbonyl (C=O) groups is 2. The van der Waals surface area contributed by atoms with Gasteiger partial charge in [-0.25, -0.2) is 4.98 Å². The highest BCUT2D eigenvalue weighted by Crippen LogP contribution is 2.36. The minimum atomic E-state index is -0.874. The lowest BCUT2D eigenvalue weighted by atomic mass is 9.74. The number of nitrogens with one attached hydrogen (secondary N) is 1. The molecule has 0 unspecified atom stereocenters. The first kappa shape index (κ1) is 14.4. The van der Waals surface area contributed by atoms with Crippen molar-refractivity contribution in [3.05, 3.63) is 29.8 Å². The number of carboxylic acid groups (broad SMARTS) is 1. The summed E-state index contributed by atoms with van der Waals surface area (Å²) in [6.07, 6.45) is 5.04. The summed E-state index contributed by atoms with van der Waals surface area (Å²) in [7, 11) is 0. The lowest BCUT2D eigenvalue weighted by molar-refractivity contribution is -0.150. The zero-order valence-corrected chi connectivity index (χ0v) is 11.1. The second-order valence-corrected chi connectivity index (χ2v) is 5.20. The number of hydrogen-bond acceptors (Lipinski definition) is 3. The number of nitrogens with zero attached hydrogens (tertiary/aromatic N) is 1. The molecule has 1 saturated carbocycles. The Bertz CT molecular complexity index is 496. The standard InChI is InChI=1S/C14H17FN2O3/c15-11-5-4-10(8-16-11)12(18)17-9-14(13(19)20)6-2-1-3-7-14/h4-5,8H,1-3,6-7,9H2,(H,17,18)(H,19,20). The van der Waals surface area contributed by atoms with E-state index in [1.54, 1.807) is 0 Å². The van der Waals surface area contributed by atoms with Gasteiger partial charge in [0.25, 0.3) is 5.91 Å². The van der Waals surface area contributed by atoms with Crippen LogP contribution >= 0.6 is 0 Å². The van der Waals surface area contributed by atoms with E-state index in [2.05, 4.69) is 10.3 Å². The van der Waals surface area contributed by atoms with Crippen LogP contribution < -0.4 is 5.32 Å². The van der Waals surface area contributed by atoms with Gasteiger partial charge in [-0.2, -0.15) is 4.39 Å². The van der Waals surface area contributed by atoms with Crippen molar-refractivity contribution in [2.24, 2.45) is 5.41 Å². The molecule has 5 nitrogen and oxygen atoms in total. The Kier molecular flexibility index (Phi) is 4.32. The molecule has 1 fully saturated rings. The highest BCUT2D eigenvalue weighted by molar-refractivity contribution is 5.94. The van der Waals surface area contributed by atoms with Crippen LogP contribution in [0.5, 0.6) is 0 Å². The normalized spacial score (nSPS) is 17.4. The number of aliphatic carboxylic acids is 1. The fourth-order valence-corrected chi connectivity index (χ4v) is 2.56. The third kappa shape index (κ3) is 3.12. The molecule has 2 N–H and O–H groups in total. The zero-order chi connectivity index (χ0) is 14.6. The Morgan fingerprint density at radius 3 is 2.55 bits per heavy atom. The van der Waals surface area contributed by atoms with Crippen molar-refractivity contribution in [1.29, 1.82) is 0 Å². The average molecular weight is 280 g/mol. The van der Waals surface area contributed by atoms with Crippen molar-refractivity contribution < 1.29 is 19.1 Å². The monoisotopic (exact) mass is 280 g/mol. The minimum absolute atomic E-state index is 0.0958. The zero-order valence-electron chi connectivity index (χ0n) is 11.1. The molecule has 0 bridgehead atoms. The topological polar surface area (TPSA) is 79.3 Å². The quantitative estimate of drug-likeness (QED) is 0.827. The van der Waals surface area contributed by atoms with Crippen molar-refractivity contribution in [1.82, 2.24) is 10.3 Å². The van der Waals surface area contributed by atoms with E-state index in [-0.39, 0.29) is 12.1 Å². The second-order valence-electron chi connectivity index (χ2n) is 5.20. The van der Waals surface area contributed by atoms with Gasteiger partial charge < -0.3 is 10.4 Å². The molecule has 0 aromatic carbocycles. The molecular weight excluding hydrogens is 263 g/mol. The number of pyridine rings is 1. The molecule has 2 rings (SSSR count). The summed E-state index contributed by atoms with van der Waals surface area (Å²) in [4.78, 5) is 26.8. The van der Waals surface area contributed by atoms with Crippen molar-refractivity contribution in [2.75, 3.05) is 6.54 Å². The fourth-order valence-electron chi connectivity index (χ4n) is 2.56. The molecular formula is C14H17FN2O3. The number of rotatable bonds is 4. The number of aromatic nitrogens is 1. The van der Waals surface area contributed by atoms with Gasteiger partial charge in [-0.3, -0.25) is 9.59 Å². The molecule has 1 heterocycles. The predicted molar refractivity (Wildman–Crippen MR) is 69.7 cm³/mol. The van der Waals surface area contributed by atoms with Crippen LogP contribution in [-0.2, 0) is 4.79 Å². The summed E-state index contributed by atoms with van der Waals surface area (Å²) in [6, 6.07) is 2.43. The van der Waals surface area contributed by atoms with Gasteiger partial charge >= 0.3 is 5.97 Å². The molecule has 0 radical (unpaired) electrons. The Labute approximate surface area is 116 Å². The SMILES string of the molecule is O=C(NCC1(C(=O)O)CCCCC1)c1ccc(F)nc1. The van der Waals surface area contributed by atoms with Crippen LogP contribution in [0.2, 0.25) is 0 Å². The van der Waals surface area contributed by atoms with Crippen molar-refractivity contribution in [2.45, 2.75) is 32.1 Å². The van der Waals surface area contributed by atoms with Crippen LogP contribution in [0.1, 0.15) is 42.5 Å². The van der Waals surface area contributed by atoms with Gasteiger partial charge in [-0.1, -0.05) is 19.3 Å². The van der Waals surface area contributed by atoms with Gasteiger partial charge in [-0.05, 0) is 25.0 Å². The number of carboxylic acids is 1. The first-order valence-corrected chi connectivity index (χ1v) is 6.67. The Hall–Kier alpha value is -1.98. The highest BCUT2D eigenvalue weighted by Gasteiger charge is 2.39. The molecule has 1 aliphatic rings.